The maximum absolute atomic E-state index is 12.2. The largest absolute Gasteiger partial charge is 0.345 e. The van der Waals surface area contributed by atoms with Crippen LogP contribution in [0.2, 0.25) is 5.02 Å². The lowest BCUT2D eigenvalue weighted by Gasteiger charge is -2.00. The highest BCUT2D eigenvalue weighted by Crippen LogP contribution is 2.20. The maximum atomic E-state index is 12.2. The molecular weight excluding hydrogens is 314 g/mol. The minimum absolute atomic E-state index is 0.221. The van der Waals surface area contributed by atoms with Crippen LogP contribution in [0.1, 0.15) is 21.9 Å². The van der Waals surface area contributed by atoms with Crippen molar-refractivity contribution in [3.05, 3.63) is 58.5 Å². The Labute approximate surface area is 138 Å². The number of halogens is 1. The molecule has 0 spiro atoms. The van der Waals surface area contributed by atoms with E-state index < -0.39 is 0 Å². The van der Waals surface area contributed by atoms with Gasteiger partial charge in [-0.1, -0.05) is 23.7 Å². The number of hydrogen-bond acceptors (Lipinski definition) is 3. The Morgan fingerprint density at radius 1 is 1.30 bits per heavy atom. The Balaban J connectivity index is 1.67. The van der Waals surface area contributed by atoms with Crippen LogP contribution in [-0.4, -0.2) is 25.9 Å². The van der Waals surface area contributed by atoms with Gasteiger partial charge in [0.1, 0.15) is 5.69 Å². The van der Waals surface area contributed by atoms with Crippen LogP contribution >= 0.6 is 11.6 Å². The predicted octanol–water partition coefficient (Wildman–Crippen LogP) is 2.70. The molecule has 0 radical (unpaired) electrons. The molecule has 0 fully saturated rings. The zero-order chi connectivity index (χ0) is 16.4. The number of aromatic amines is 1. The topological polar surface area (TPSA) is 75.6 Å². The number of aromatic nitrogens is 4. The number of H-pyrrole nitrogens is 1. The summed E-state index contributed by atoms with van der Waals surface area (Å²) in [4.78, 5) is 12.2. The second-order valence-electron chi connectivity index (χ2n) is 5.26. The van der Waals surface area contributed by atoms with Crippen molar-refractivity contribution in [1.29, 1.82) is 0 Å². The Morgan fingerprint density at radius 2 is 2.04 bits per heavy atom. The predicted molar refractivity (Wildman–Crippen MR) is 88.1 cm³/mol. The van der Waals surface area contributed by atoms with Crippen molar-refractivity contribution in [2.45, 2.75) is 13.5 Å². The van der Waals surface area contributed by atoms with E-state index in [0.717, 1.165) is 17.0 Å². The summed E-state index contributed by atoms with van der Waals surface area (Å²) in [5, 5.41) is 14.7. The SMILES string of the molecule is Cc1cc(CNC(=O)c2cc(-c3ccc(Cl)cc3)n[nH]2)nn1C. The van der Waals surface area contributed by atoms with Gasteiger partial charge in [-0.2, -0.15) is 10.2 Å². The summed E-state index contributed by atoms with van der Waals surface area (Å²) in [5.74, 6) is -0.221. The summed E-state index contributed by atoms with van der Waals surface area (Å²) in [5.41, 5.74) is 3.85. The first-order chi connectivity index (χ1) is 11.0. The first-order valence-corrected chi connectivity index (χ1v) is 7.50. The summed E-state index contributed by atoms with van der Waals surface area (Å²) < 4.78 is 1.77. The van der Waals surface area contributed by atoms with E-state index in [2.05, 4.69) is 20.6 Å². The summed E-state index contributed by atoms with van der Waals surface area (Å²) >= 11 is 5.87. The zero-order valence-corrected chi connectivity index (χ0v) is 13.6. The van der Waals surface area contributed by atoms with Gasteiger partial charge < -0.3 is 5.32 Å². The number of amides is 1. The van der Waals surface area contributed by atoms with Crippen LogP contribution in [-0.2, 0) is 13.6 Å². The van der Waals surface area contributed by atoms with Gasteiger partial charge in [-0.05, 0) is 31.2 Å². The van der Waals surface area contributed by atoms with Crippen LogP contribution in [0.15, 0.2) is 36.4 Å². The van der Waals surface area contributed by atoms with Gasteiger partial charge >= 0.3 is 0 Å². The number of nitrogens with one attached hydrogen (secondary N) is 2. The second-order valence-corrected chi connectivity index (χ2v) is 5.69. The maximum Gasteiger partial charge on any atom is 0.269 e. The van der Waals surface area contributed by atoms with Crippen molar-refractivity contribution >= 4 is 17.5 Å². The number of nitrogens with zero attached hydrogens (tertiary/aromatic N) is 3. The normalized spacial score (nSPS) is 10.7. The third kappa shape index (κ3) is 3.43. The third-order valence-electron chi connectivity index (χ3n) is 3.56. The number of rotatable bonds is 4. The fraction of sp³-hybridized carbons (Fsp3) is 0.188. The molecule has 2 N–H and O–H groups in total. The van der Waals surface area contributed by atoms with Crippen LogP contribution in [0.3, 0.4) is 0 Å². The molecule has 0 aliphatic carbocycles. The van der Waals surface area contributed by atoms with Gasteiger partial charge in [0, 0.05) is 23.3 Å². The second kappa shape index (κ2) is 6.26. The smallest absolute Gasteiger partial charge is 0.269 e. The highest BCUT2D eigenvalue weighted by Gasteiger charge is 2.11. The van der Waals surface area contributed by atoms with E-state index in [4.69, 9.17) is 11.6 Å². The lowest BCUT2D eigenvalue weighted by molar-refractivity contribution is 0.0945. The average Bonchev–Trinajstić information content (AvgIpc) is 3.13. The molecule has 1 aromatic carbocycles. The lowest BCUT2D eigenvalue weighted by Crippen LogP contribution is -2.23. The van der Waals surface area contributed by atoms with Gasteiger partial charge in [0.2, 0.25) is 0 Å². The first-order valence-electron chi connectivity index (χ1n) is 7.12. The van der Waals surface area contributed by atoms with Crippen LogP contribution in [0.4, 0.5) is 0 Å². The van der Waals surface area contributed by atoms with Crippen molar-refractivity contribution < 1.29 is 4.79 Å². The lowest BCUT2D eigenvalue weighted by atomic mass is 10.1. The fourth-order valence-electron chi connectivity index (χ4n) is 2.19. The first kappa shape index (κ1) is 15.3. The summed E-state index contributed by atoms with van der Waals surface area (Å²) in [7, 11) is 1.87. The van der Waals surface area contributed by atoms with Gasteiger partial charge in [0.05, 0.1) is 17.9 Å². The number of aryl methyl sites for hydroxylation is 2. The molecular formula is C16H16ClN5O. The number of hydrogen-bond donors (Lipinski definition) is 2. The molecule has 2 heterocycles. The molecule has 23 heavy (non-hydrogen) atoms. The van der Waals surface area contributed by atoms with E-state index in [1.54, 1.807) is 22.9 Å². The van der Waals surface area contributed by atoms with E-state index >= 15 is 0 Å². The van der Waals surface area contributed by atoms with Crippen LogP contribution in [0, 0.1) is 6.92 Å². The molecule has 0 aliphatic rings. The molecule has 118 valence electrons. The molecule has 3 rings (SSSR count). The van der Waals surface area contributed by atoms with Crippen LogP contribution < -0.4 is 5.32 Å². The zero-order valence-electron chi connectivity index (χ0n) is 12.8. The Kier molecular flexibility index (Phi) is 4.16. The molecule has 0 unspecified atom stereocenters. The van der Waals surface area contributed by atoms with Crippen molar-refractivity contribution in [2.75, 3.05) is 0 Å². The number of benzene rings is 1. The van der Waals surface area contributed by atoms with Crippen molar-refractivity contribution in [1.82, 2.24) is 25.3 Å². The molecule has 3 aromatic rings. The van der Waals surface area contributed by atoms with E-state index in [1.165, 1.54) is 0 Å². The van der Waals surface area contributed by atoms with Crippen molar-refractivity contribution in [3.8, 4) is 11.3 Å². The Bertz CT molecular complexity index is 815. The fourth-order valence-corrected chi connectivity index (χ4v) is 2.32. The number of carbonyl (C=O) groups is 1. The minimum atomic E-state index is -0.221. The molecule has 1 amide bonds. The minimum Gasteiger partial charge on any atom is -0.345 e. The van der Waals surface area contributed by atoms with E-state index in [9.17, 15) is 4.79 Å². The highest BCUT2D eigenvalue weighted by atomic mass is 35.5. The summed E-state index contributed by atoms with van der Waals surface area (Å²) in [6.45, 7) is 2.33. The quantitative estimate of drug-likeness (QED) is 0.772. The molecule has 0 atom stereocenters. The van der Waals surface area contributed by atoms with Crippen molar-refractivity contribution in [2.24, 2.45) is 7.05 Å². The standard InChI is InChI=1S/C16H16ClN5O/c1-10-7-13(21-22(10)2)9-18-16(23)15-8-14(19-20-15)11-3-5-12(17)6-4-11/h3-8H,9H2,1-2H3,(H,18,23)(H,19,20). The van der Waals surface area contributed by atoms with Crippen LogP contribution in [0.5, 0.6) is 0 Å². The monoisotopic (exact) mass is 329 g/mol. The van der Waals surface area contributed by atoms with Gasteiger partial charge in [-0.15, -0.1) is 0 Å². The molecule has 0 saturated heterocycles. The molecule has 2 aromatic heterocycles. The van der Waals surface area contributed by atoms with Gasteiger partial charge in [-0.25, -0.2) is 0 Å². The van der Waals surface area contributed by atoms with Gasteiger partial charge in [0.25, 0.3) is 5.91 Å². The average molecular weight is 330 g/mol. The molecule has 0 aliphatic heterocycles. The molecule has 0 bridgehead atoms. The summed E-state index contributed by atoms with van der Waals surface area (Å²) in [6.07, 6.45) is 0. The van der Waals surface area contributed by atoms with Crippen molar-refractivity contribution in [3.63, 3.8) is 0 Å². The molecule has 7 heteroatoms. The van der Waals surface area contributed by atoms with E-state index in [0.29, 0.717) is 23.0 Å². The highest BCUT2D eigenvalue weighted by molar-refractivity contribution is 6.30. The molecule has 0 saturated carbocycles. The Morgan fingerprint density at radius 3 is 2.70 bits per heavy atom. The van der Waals surface area contributed by atoms with Gasteiger partial charge in [0.15, 0.2) is 0 Å². The van der Waals surface area contributed by atoms with Crippen LogP contribution in [0.25, 0.3) is 11.3 Å². The van der Waals surface area contributed by atoms with Gasteiger partial charge in [-0.3, -0.25) is 14.6 Å². The van der Waals surface area contributed by atoms with E-state index in [-0.39, 0.29) is 5.91 Å². The number of carbonyl (C=O) groups excluding carboxylic acids is 1. The Hall–Kier alpha value is -2.60. The third-order valence-corrected chi connectivity index (χ3v) is 3.81. The van der Waals surface area contributed by atoms with E-state index in [1.807, 2.05) is 32.2 Å². The molecule has 6 nitrogen and oxygen atoms in total. The summed E-state index contributed by atoms with van der Waals surface area (Å²) in [6, 6.07) is 10.9.